The van der Waals surface area contributed by atoms with E-state index in [1.54, 1.807) is 31.3 Å². The van der Waals surface area contributed by atoms with Gasteiger partial charge in [-0.25, -0.2) is 0 Å². The molecule has 1 saturated heterocycles. The van der Waals surface area contributed by atoms with Crippen LogP contribution >= 0.6 is 0 Å². The van der Waals surface area contributed by atoms with Crippen LogP contribution in [0.4, 0.5) is 17.1 Å². The molecule has 2 fully saturated rings. The summed E-state index contributed by atoms with van der Waals surface area (Å²) in [5.74, 6) is -0.492. The number of likely N-dealkylation sites (N-methyl/N-ethyl adjacent to an activating group) is 1. The fourth-order valence-electron chi connectivity index (χ4n) is 3.61. The average Bonchev–Trinajstić information content (AvgIpc) is 3.65. The lowest BCUT2D eigenvalue weighted by atomic mass is 10.1. The number of benzene rings is 2. The molecule has 0 atom stereocenters. The molecule has 3 amide bonds. The molecule has 2 N–H and O–H groups in total. The third kappa shape index (κ3) is 5.64. The molecule has 32 heavy (non-hydrogen) atoms. The van der Waals surface area contributed by atoms with E-state index in [-0.39, 0.29) is 30.2 Å². The summed E-state index contributed by atoms with van der Waals surface area (Å²) in [6.07, 6.45) is 1.83. The Morgan fingerprint density at radius 2 is 1.72 bits per heavy atom. The third-order valence-corrected chi connectivity index (χ3v) is 5.58. The number of nitrogens with one attached hydrogen (secondary N) is 2. The maximum atomic E-state index is 12.8. The fraction of sp³-hybridized carbons (Fsp3) is 0.375. The number of amides is 3. The third-order valence-electron chi connectivity index (χ3n) is 5.58. The molecular formula is C24H28N4O4. The number of anilines is 3. The van der Waals surface area contributed by atoms with Crippen molar-refractivity contribution in [3.05, 3.63) is 54.1 Å². The number of ether oxygens (including phenoxy) is 1. The van der Waals surface area contributed by atoms with E-state index in [2.05, 4.69) is 15.5 Å². The molecule has 0 spiro atoms. The lowest BCUT2D eigenvalue weighted by molar-refractivity contribution is -0.117. The molecule has 2 aromatic rings. The molecule has 2 aliphatic rings. The topological polar surface area (TPSA) is 91.0 Å². The minimum absolute atomic E-state index is 0.0121. The maximum absolute atomic E-state index is 12.8. The van der Waals surface area contributed by atoms with Gasteiger partial charge < -0.3 is 25.2 Å². The Hall–Kier alpha value is -3.39. The Morgan fingerprint density at radius 1 is 1.00 bits per heavy atom. The highest BCUT2D eigenvalue weighted by atomic mass is 16.5. The van der Waals surface area contributed by atoms with Gasteiger partial charge in [-0.3, -0.25) is 14.4 Å². The zero-order valence-electron chi connectivity index (χ0n) is 18.2. The predicted molar refractivity (Wildman–Crippen MR) is 123 cm³/mol. The zero-order chi connectivity index (χ0) is 22.5. The van der Waals surface area contributed by atoms with Crippen molar-refractivity contribution in [2.24, 2.45) is 5.92 Å². The van der Waals surface area contributed by atoms with Gasteiger partial charge >= 0.3 is 0 Å². The van der Waals surface area contributed by atoms with Crippen LogP contribution in [-0.4, -0.2) is 62.5 Å². The summed E-state index contributed by atoms with van der Waals surface area (Å²) >= 11 is 0. The molecule has 8 heteroatoms. The highest BCUT2D eigenvalue weighted by Crippen LogP contribution is 2.30. The van der Waals surface area contributed by atoms with Crippen LogP contribution in [0.15, 0.2) is 48.5 Å². The molecule has 1 aliphatic carbocycles. The van der Waals surface area contributed by atoms with Crippen molar-refractivity contribution < 1.29 is 19.1 Å². The van der Waals surface area contributed by atoms with E-state index in [4.69, 9.17) is 4.74 Å². The first-order chi connectivity index (χ1) is 15.5. The van der Waals surface area contributed by atoms with Gasteiger partial charge in [0.05, 0.1) is 19.8 Å². The second kappa shape index (κ2) is 9.82. The summed E-state index contributed by atoms with van der Waals surface area (Å²) < 4.78 is 5.37. The molecule has 168 valence electrons. The van der Waals surface area contributed by atoms with E-state index in [1.807, 2.05) is 24.3 Å². The standard InChI is InChI=1S/C24H28N4O4/c1-27(24(31)18-3-2-4-20(15-18)26-23(30)17-5-6-17)16-22(29)25-19-7-9-21(10-8-19)28-11-13-32-14-12-28/h2-4,7-10,15,17H,5-6,11-14,16H2,1H3,(H,25,29)(H,26,30). The molecule has 1 aliphatic heterocycles. The minimum Gasteiger partial charge on any atom is -0.378 e. The summed E-state index contributed by atoms with van der Waals surface area (Å²) in [6, 6.07) is 14.4. The van der Waals surface area contributed by atoms with Crippen molar-refractivity contribution >= 4 is 34.8 Å². The number of morpholine rings is 1. The summed E-state index contributed by atoms with van der Waals surface area (Å²) in [4.78, 5) is 40.8. The van der Waals surface area contributed by atoms with E-state index in [1.165, 1.54) is 4.90 Å². The lowest BCUT2D eigenvalue weighted by Crippen LogP contribution is -2.36. The first kappa shape index (κ1) is 21.8. The van der Waals surface area contributed by atoms with Crippen molar-refractivity contribution in [3.8, 4) is 0 Å². The van der Waals surface area contributed by atoms with Crippen LogP contribution in [0.5, 0.6) is 0 Å². The van der Waals surface area contributed by atoms with E-state index in [9.17, 15) is 14.4 Å². The molecule has 0 bridgehead atoms. The lowest BCUT2D eigenvalue weighted by Gasteiger charge is -2.28. The van der Waals surface area contributed by atoms with Crippen LogP contribution in [0.3, 0.4) is 0 Å². The van der Waals surface area contributed by atoms with Crippen LogP contribution in [0.2, 0.25) is 0 Å². The van der Waals surface area contributed by atoms with E-state index < -0.39 is 0 Å². The molecule has 2 aromatic carbocycles. The van der Waals surface area contributed by atoms with Gasteiger partial charge in [-0.05, 0) is 55.3 Å². The molecule has 1 saturated carbocycles. The SMILES string of the molecule is CN(CC(=O)Nc1ccc(N2CCOCC2)cc1)C(=O)c1cccc(NC(=O)C2CC2)c1. The Kier molecular flexibility index (Phi) is 6.70. The number of nitrogens with zero attached hydrogens (tertiary/aromatic N) is 2. The molecule has 0 unspecified atom stereocenters. The van der Waals surface area contributed by atoms with E-state index in [0.29, 0.717) is 30.2 Å². The van der Waals surface area contributed by atoms with E-state index >= 15 is 0 Å². The Morgan fingerprint density at radius 3 is 2.41 bits per heavy atom. The first-order valence-electron chi connectivity index (χ1n) is 10.9. The number of rotatable bonds is 7. The van der Waals surface area contributed by atoms with Gasteiger partial charge in [-0.1, -0.05) is 6.07 Å². The van der Waals surface area contributed by atoms with Crippen molar-refractivity contribution in [2.45, 2.75) is 12.8 Å². The second-order valence-electron chi connectivity index (χ2n) is 8.20. The highest BCUT2D eigenvalue weighted by Gasteiger charge is 2.29. The van der Waals surface area contributed by atoms with Gasteiger partial charge in [-0.15, -0.1) is 0 Å². The predicted octanol–water partition coefficient (Wildman–Crippen LogP) is 2.58. The molecule has 0 radical (unpaired) electrons. The van der Waals surface area contributed by atoms with Crippen molar-refractivity contribution in [3.63, 3.8) is 0 Å². The first-order valence-corrected chi connectivity index (χ1v) is 10.9. The summed E-state index contributed by atoms with van der Waals surface area (Å²) in [6.45, 7) is 3.06. The Bertz CT molecular complexity index is 982. The van der Waals surface area contributed by atoms with Gasteiger partial charge in [0.25, 0.3) is 5.91 Å². The summed E-state index contributed by atoms with van der Waals surface area (Å²) in [5.41, 5.74) is 2.78. The molecule has 4 rings (SSSR count). The van der Waals surface area contributed by atoms with Gasteiger partial charge in [0.1, 0.15) is 0 Å². The minimum atomic E-state index is -0.287. The van der Waals surface area contributed by atoms with Crippen LogP contribution in [0.1, 0.15) is 23.2 Å². The smallest absolute Gasteiger partial charge is 0.254 e. The van der Waals surface area contributed by atoms with Gasteiger partial charge in [-0.2, -0.15) is 0 Å². The monoisotopic (exact) mass is 436 g/mol. The van der Waals surface area contributed by atoms with Crippen molar-refractivity contribution in [1.29, 1.82) is 0 Å². The number of carbonyl (C=O) groups excluding carboxylic acids is 3. The van der Waals surface area contributed by atoms with Gasteiger partial charge in [0.15, 0.2) is 0 Å². The normalized spacial score (nSPS) is 15.7. The summed E-state index contributed by atoms with van der Waals surface area (Å²) in [7, 11) is 1.58. The van der Waals surface area contributed by atoms with E-state index in [0.717, 1.165) is 31.6 Å². The number of hydrogen-bond acceptors (Lipinski definition) is 5. The fourth-order valence-corrected chi connectivity index (χ4v) is 3.61. The molecular weight excluding hydrogens is 408 g/mol. The molecule has 8 nitrogen and oxygen atoms in total. The zero-order valence-corrected chi connectivity index (χ0v) is 18.2. The van der Waals surface area contributed by atoms with Crippen LogP contribution < -0.4 is 15.5 Å². The van der Waals surface area contributed by atoms with Crippen LogP contribution in [0, 0.1) is 5.92 Å². The van der Waals surface area contributed by atoms with Crippen molar-refractivity contribution in [2.75, 3.05) is 55.4 Å². The number of hydrogen-bond donors (Lipinski definition) is 2. The Balaban J connectivity index is 1.30. The van der Waals surface area contributed by atoms with Crippen molar-refractivity contribution in [1.82, 2.24) is 4.90 Å². The quantitative estimate of drug-likeness (QED) is 0.696. The largest absolute Gasteiger partial charge is 0.378 e. The Labute approximate surface area is 187 Å². The van der Waals surface area contributed by atoms with Gasteiger partial charge in [0.2, 0.25) is 11.8 Å². The number of carbonyl (C=O) groups is 3. The maximum Gasteiger partial charge on any atom is 0.254 e. The summed E-state index contributed by atoms with van der Waals surface area (Å²) in [5, 5.41) is 5.67. The van der Waals surface area contributed by atoms with Crippen LogP contribution in [0.25, 0.3) is 0 Å². The average molecular weight is 437 g/mol. The highest BCUT2D eigenvalue weighted by molar-refractivity contribution is 6.01. The second-order valence-corrected chi connectivity index (χ2v) is 8.20. The molecule has 0 aromatic heterocycles. The van der Waals surface area contributed by atoms with Crippen LogP contribution in [-0.2, 0) is 14.3 Å². The molecule has 1 heterocycles. The van der Waals surface area contributed by atoms with Gasteiger partial charge in [0, 0.05) is 48.7 Å².